The normalized spacial score (nSPS) is 16.1. The summed E-state index contributed by atoms with van der Waals surface area (Å²) in [7, 11) is 0. The lowest BCUT2D eigenvalue weighted by Crippen LogP contribution is -2.47. The van der Waals surface area contributed by atoms with Crippen molar-refractivity contribution in [2.24, 2.45) is 0 Å². The van der Waals surface area contributed by atoms with E-state index in [2.05, 4.69) is 10.6 Å². The predicted octanol–water partition coefficient (Wildman–Crippen LogP) is 4.42. The molecule has 0 spiro atoms. The Morgan fingerprint density at radius 3 is 2.23 bits per heavy atom. The highest BCUT2D eigenvalue weighted by molar-refractivity contribution is 6.07. The maximum atomic E-state index is 13.2. The number of rotatable bonds is 6. The van der Waals surface area contributed by atoms with Gasteiger partial charge in [0, 0.05) is 24.2 Å². The molecule has 3 aromatic carbocycles. The molecular formula is C27H25FN4O3. The van der Waals surface area contributed by atoms with Crippen LogP contribution in [-0.2, 0) is 9.59 Å². The van der Waals surface area contributed by atoms with Gasteiger partial charge in [0.25, 0.3) is 5.91 Å². The molecule has 0 aromatic heterocycles. The van der Waals surface area contributed by atoms with Crippen LogP contribution in [0.3, 0.4) is 0 Å². The number of nitrogens with one attached hydrogen (secondary N) is 2. The van der Waals surface area contributed by atoms with Gasteiger partial charge in [-0.2, -0.15) is 0 Å². The fourth-order valence-corrected chi connectivity index (χ4v) is 4.47. The van der Waals surface area contributed by atoms with E-state index < -0.39 is 5.54 Å². The van der Waals surface area contributed by atoms with Crippen molar-refractivity contribution in [3.63, 3.8) is 0 Å². The molecule has 0 unspecified atom stereocenters. The zero-order valence-corrected chi connectivity index (χ0v) is 19.0. The van der Waals surface area contributed by atoms with E-state index in [1.165, 1.54) is 12.1 Å². The van der Waals surface area contributed by atoms with E-state index in [1.54, 1.807) is 59.5 Å². The number of amides is 3. The lowest BCUT2D eigenvalue weighted by atomic mass is 10.0. The zero-order valence-electron chi connectivity index (χ0n) is 19.0. The number of hydrogen-bond donors (Lipinski definition) is 3. The molecule has 178 valence electrons. The number of benzene rings is 3. The lowest BCUT2D eigenvalue weighted by molar-refractivity contribution is -0.136. The Hall–Kier alpha value is -4.20. The largest absolute Gasteiger partial charge is 0.397 e. The van der Waals surface area contributed by atoms with Gasteiger partial charge in [0.15, 0.2) is 0 Å². The molecule has 7 nitrogen and oxygen atoms in total. The molecule has 0 radical (unpaired) electrons. The minimum absolute atomic E-state index is 0.0347. The maximum Gasteiger partial charge on any atom is 0.255 e. The Morgan fingerprint density at radius 2 is 1.60 bits per heavy atom. The molecule has 35 heavy (non-hydrogen) atoms. The second-order valence-electron chi connectivity index (χ2n) is 8.98. The third-order valence-corrected chi connectivity index (χ3v) is 6.62. The number of nitrogens with zero attached hydrogens (tertiary/aromatic N) is 1. The summed E-state index contributed by atoms with van der Waals surface area (Å²) in [5.41, 5.74) is 8.71. The van der Waals surface area contributed by atoms with Gasteiger partial charge in [0.1, 0.15) is 11.4 Å². The number of hydrogen-bond acceptors (Lipinski definition) is 4. The third-order valence-electron chi connectivity index (χ3n) is 6.62. The maximum absolute atomic E-state index is 13.2. The molecule has 1 aliphatic heterocycles. The van der Waals surface area contributed by atoms with Gasteiger partial charge in [-0.1, -0.05) is 18.2 Å². The molecule has 1 saturated carbocycles. The molecule has 3 amide bonds. The average molecular weight is 473 g/mol. The fraction of sp³-hybridized carbons (Fsp3) is 0.222. The van der Waals surface area contributed by atoms with E-state index in [0.29, 0.717) is 48.4 Å². The summed E-state index contributed by atoms with van der Waals surface area (Å²) in [6.45, 7) is 0.622. The van der Waals surface area contributed by atoms with Gasteiger partial charge >= 0.3 is 0 Å². The summed E-state index contributed by atoms with van der Waals surface area (Å²) >= 11 is 0. The highest BCUT2D eigenvalue weighted by Crippen LogP contribution is 2.44. The summed E-state index contributed by atoms with van der Waals surface area (Å²) in [5, 5.41) is 5.70. The molecule has 0 atom stereocenters. The zero-order chi connectivity index (χ0) is 24.6. The van der Waals surface area contributed by atoms with Crippen molar-refractivity contribution in [3.05, 3.63) is 78.1 Å². The molecular weight excluding hydrogens is 447 g/mol. The van der Waals surface area contributed by atoms with Crippen molar-refractivity contribution in [1.29, 1.82) is 0 Å². The number of halogens is 1. The van der Waals surface area contributed by atoms with Gasteiger partial charge in [0.2, 0.25) is 11.8 Å². The number of carbonyl (C=O) groups is 3. The van der Waals surface area contributed by atoms with Crippen LogP contribution in [-0.4, -0.2) is 34.7 Å². The van der Waals surface area contributed by atoms with Crippen molar-refractivity contribution < 1.29 is 18.8 Å². The van der Waals surface area contributed by atoms with Gasteiger partial charge in [-0.05, 0) is 78.9 Å². The first-order valence-electron chi connectivity index (χ1n) is 11.5. The first-order valence-corrected chi connectivity index (χ1v) is 11.5. The summed E-state index contributed by atoms with van der Waals surface area (Å²) < 4.78 is 13.2. The van der Waals surface area contributed by atoms with Gasteiger partial charge in [-0.25, -0.2) is 4.39 Å². The number of likely N-dealkylation sites (tertiary alicyclic amines) is 1. The van der Waals surface area contributed by atoms with Gasteiger partial charge < -0.3 is 21.3 Å². The van der Waals surface area contributed by atoms with Crippen LogP contribution in [0.15, 0.2) is 66.7 Å². The van der Waals surface area contributed by atoms with E-state index in [1.807, 2.05) is 0 Å². The van der Waals surface area contributed by atoms with Crippen LogP contribution in [0.1, 0.15) is 36.0 Å². The molecule has 2 aliphatic rings. The molecule has 8 heteroatoms. The number of nitrogen functional groups attached to an aromatic ring is 1. The van der Waals surface area contributed by atoms with Crippen molar-refractivity contribution >= 4 is 34.8 Å². The monoisotopic (exact) mass is 472 g/mol. The van der Waals surface area contributed by atoms with Gasteiger partial charge in [0.05, 0.1) is 11.4 Å². The van der Waals surface area contributed by atoms with E-state index in [0.717, 1.165) is 17.5 Å². The van der Waals surface area contributed by atoms with Crippen LogP contribution in [0.4, 0.5) is 21.5 Å². The molecule has 4 N–H and O–H groups in total. The summed E-state index contributed by atoms with van der Waals surface area (Å²) in [6.07, 6.45) is 2.62. The number of carbonyl (C=O) groups excluding carboxylic acids is 3. The quantitative estimate of drug-likeness (QED) is 0.462. The minimum Gasteiger partial charge on any atom is -0.397 e. The molecule has 5 rings (SSSR count). The molecule has 2 fully saturated rings. The highest BCUT2D eigenvalue weighted by Gasteiger charge is 2.57. The second kappa shape index (κ2) is 8.87. The molecule has 1 heterocycles. The number of anilines is 3. The number of nitrogens with two attached hydrogens (primary N) is 1. The van der Waals surface area contributed by atoms with E-state index in [4.69, 9.17) is 5.73 Å². The second-order valence-corrected chi connectivity index (χ2v) is 8.98. The summed E-state index contributed by atoms with van der Waals surface area (Å²) in [5.74, 6) is -0.830. The van der Waals surface area contributed by atoms with E-state index >= 15 is 0 Å². The summed E-state index contributed by atoms with van der Waals surface area (Å²) in [4.78, 5) is 39.5. The van der Waals surface area contributed by atoms with Crippen molar-refractivity contribution in [2.45, 2.75) is 31.2 Å². The van der Waals surface area contributed by atoms with Gasteiger partial charge in [-0.15, -0.1) is 0 Å². The highest BCUT2D eigenvalue weighted by atomic mass is 19.1. The smallest absolute Gasteiger partial charge is 0.255 e. The topological polar surface area (TPSA) is 105 Å². The Kier molecular flexibility index (Phi) is 5.72. The van der Waals surface area contributed by atoms with Crippen molar-refractivity contribution in [2.75, 3.05) is 22.9 Å². The lowest BCUT2D eigenvalue weighted by Gasteiger charge is -2.26. The van der Waals surface area contributed by atoms with Gasteiger partial charge in [-0.3, -0.25) is 14.4 Å². The van der Waals surface area contributed by atoms with Crippen LogP contribution in [0.5, 0.6) is 0 Å². The molecule has 3 aromatic rings. The van der Waals surface area contributed by atoms with Crippen LogP contribution in [0, 0.1) is 5.82 Å². The molecule has 0 bridgehead atoms. The van der Waals surface area contributed by atoms with Crippen LogP contribution >= 0.6 is 0 Å². The van der Waals surface area contributed by atoms with Crippen LogP contribution in [0.25, 0.3) is 11.1 Å². The fourth-order valence-electron chi connectivity index (χ4n) is 4.47. The minimum atomic E-state index is -0.726. The van der Waals surface area contributed by atoms with Crippen LogP contribution in [0.2, 0.25) is 0 Å². The standard InChI is InChI=1S/C27H25FN4O3/c28-20-8-3-17(4-9-20)19-7-12-22(29)23(16-19)31-25(34)18-5-10-21(11-6-18)30-26(35)27(13-14-27)32-15-1-2-24(32)33/h3-12,16H,1-2,13-15,29H2,(H,30,35)(H,31,34). The average Bonchev–Trinajstić information content (AvgIpc) is 3.55. The Labute approximate surface area is 202 Å². The van der Waals surface area contributed by atoms with E-state index in [9.17, 15) is 18.8 Å². The third kappa shape index (κ3) is 4.47. The Bertz CT molecular complexity index is 1300. The summed E-state index contributed by atoms with van der Waals surface area (Å²) in [6, 6.07) is 17.8. The van der Waals surface area contributed by atoms with Crippen molar-refractivity contribution in [3.8, 4) is 11.1 Å². The first kappa shape index (κ1) is 22.6. The molecule has 1 saturated heterocycles. The Morgan fingerprint density at radius 1 is 0.914 bits per heavy atom. The first-order chi connectivity index (χ1) is 16.9. The van der Waals surface area contributed by atoms with Crippen molar-refractivity contribution in [1.82, 2.24) is 4.90 Å². The molecule has 1 aliphatic carbocycles. The van der Waals surface area contributed by atoms with E-state index in [-0.39, 0.29) is 23.5 Å². The van der Waals surface area contributed by atoms with Crippen LogP contribution < -0.4 is 16.4 Å². The Balaban J connectivity index is 1.26. The SMILES string of the molecule is Nc1ccc(-c2ccc(F)cc2)cc1NC(=O)c1ccc(NC(=O)C2(N3CCCC3=O)CC2)cc1. The predicted molar refractivity (Wildman–Crippen MR) is 132 cm³/mol.